The molecule has 1 fully saturated rings. The van der Waals surface area contributed by atoms with Gasteiger partial charge in [-0.2, -0.15) is 0 Å². The molecular formula is C20H30N4S2. The Morgan fingerprint density at radius 2 is 2.19 bits per heavy atom. The van der Waals surface area contributed by atoms with Crippen LogP contribution in [-0.2, 0) is 13.1 Å². The molecule has 0 aromatic carbocycles. The van der Waals surface area contributed by atoms with Crippen LogP contribution in [0.5, 0.6) is 0 Å². The lowest BCUT2D eigenvalue weighted by molar-refractivity contribution is 0.169. The van der Waals surface area contributed by atoms with Gasteiger partial charge >= 0.3 is 0 Å². The van der Waals surface area contributed by atoms with Crippen molar-refractivity contribution in [3.05, 3.63) is 44.3 Å². The zero-order chi connectivity index (χ0) is 18.2. The topological polar surface area (TPSA) is 39.7 Å². The first-order valence-corrected chi connectivity index (χ1v) is 11.2. The van der Waals surface area contributed by atoms with Crippen LogP contribution in [0.3, 0.4) is 0 Å². The van der Waals surface area contributed by atoms with Crippen LogP contribution in [0.4, 0.5) is 0 Å². The molecule has 0 radical (unpaired) electrons. The minimum Gasteiger partial charge on any atom is -0.357 e. The smallest absolute Gasteiger partial charge is 0.191 e. The van der Waals surface area contributed by atoms with E-state index in [9.17, 15) is 0 Å². The Bertz CT molecular complexity index is 678. The summed E-state index contributed by atoms with van der Waals surface area (Å²) in [4.78, 5) is 11.5. The van der Waals surface area contributed by atoms with Gasteiger partial charge in [0.2, 0.25) is 0 Å². The van der Waals surface area contributed by atoms with E-state index in [0.29, 0.717) is 5.92 Å². The fraction of sp³-hybridized carbons (Fsp3) is 0.550. The maximum absolute atomic E-state index is 4.75. The summed E-state index contributed by atoms with van der Waals surface area (Å²) in [5, 5.41) is 9.12. The van der Waals surface area contributed by atoms with Crippen LogP contribution in [-0.4, -0.2) is 37.0 Å². The molecule has 1 unspecified atom stereocenters. The van der Waals surface area contributed by atoms with E-state index in [4.69, 9.17) is 4.99 Å². The summed E-state index contributed by atoms with van der Waals surface area (Å²) >= 11 is 3.69. The first-order chi connectivity index (χ1) is 12.7. The highest BCUT2D eigenvalue weighted by atomic mass is 32.1. The van der Waals surface area contributed by atoms with Crippen molar-refractivity contribution >= 4 is 28.6 Å². The quantitative estimate of drug-likeness (QED) is 0.553. The number of hydrogen-bond acceptors (Lipinski definition) is 4. The van der Waals surface area contributed by atoms with Gasteiger partial charge in [0.1, 0.15) is 0 Å². The highest BCUT2D eigenvalue weighted by molar-refractivity contribution is 7.11. The first-order valence-electron chi connectivity index (χ1n) is 9.55. The van der Waals surface area contributed by atoms with Gasteiger partial charge in [-0.05, 0) is 62.7 Å². The summed E-state index contributed by atoms with van der Waals surface area (Å²) in [5.74, 6) is 1.63. The number of nitrogens with zero attached hydrogens (tertiary/aromatic N) is 2. The summed E-state index contributed by atoms with van der Waals surface area (Å²) in [7, 11) is 0. The molecule has 142 valence electrons. The molecule has 0 bridgehead atoms. The van der Waals surface area contributed by atoms with Crippen molar-refractivity contribution in [1.82, 2.24) is 15.5 Å². The number of aryl methyl sites for hydroxylation is 1. The van der Waals surface area contributed by atoms with Crippen LogP contribution in [0.2, 0.25) is 0 Å². The Morgan fingerprint density at radius 3 is 2.92 bits per heavy atom. The van der Waals surface area contributed by atoms with Crippen LogP contribution >= 0.6 is 22.7 Å². The lowest BCUT2D eigenvalue weighted by atomic mass is 9.98. The van der Waals surface area contributed by atoms with Crippen LogP contribution < -0.4 is 10.6 Å². The van der Waals surface area contributed by atoms with Gasteiger partial charge in [0.15, 0.2) is 5.96 Å². The molecule has 2 N–H and O–H groups in total. The molecule has 0 spiro atoms. The van der Waals surface area contributed by atoms with E-state index in [1.807, 2.05) is 22.7 Å². The van der Waals surface area contributed by atoms with Crippen LogP contribution in [0.15, 0.2) is 34.6 Å². The minimum atomic E-state index is 0.691. The van der Waals surface area contributed by atoms with Crippen LogP contribution in [0.1, 0.15) is 34.4 Å². The van der Waals surface area contributed by atoms with E-state index in [1.165, 1.54) is 40.6 Å². The molecule has 1 atom stereocenters. The minimum absolute atomic E-state index is 0.691. The largest absolute Gasteiger partial charge is 0.357 e. The molecule has 0 saturated carbocycles. The molecule has 2 aromatic rings. The zero-order valence-electron chi connectivity index (χ0n) is 15.8. The van der Waals surface area contributed by atoms with Gasteiger partial charge in [-0.1, -0.05) is 6.07 Å². The van der Waals surface area contributed by atoms with Gasteiger partial charge in [-0.15, -0.1) is 22.7 Å². The molecule has 2 aromatic heterocycles. The SMILES string of the molecule is CCNC(=NCc1ccc(C)s1)NCC1CCCN(Cc2cccs2)C1. The molecule has 26 heavy (non-hydrogen) atoms. The maximum atomic E-state index is 4.75. The third-order valence-corrected chi connectivity index (χ3v) is 6.50. The average molecular weight is 391 g/mol. The van der Waals surface area contributed by atoms with E-state index in [2.05, 4.69) is 59.0 Å². The third-order valence-electron chi connectivity index (χ3n) is 4.65. The van der Waals surface area contributed by atoms with Crippen LogP contribution in [0.25, 0.3) is 0 Å². The van der Waals surface area contributed by atoms with E-state index in [0.717, 1.165) is 32.1 Å². The number of hydrogen-bond donors (Lipinski definition) is 2. The predicted octanol–water partition coefficient (Wildman–Crippen LogP) is 4.09. The number of piperidine rings is 1. The predicted molar refractivity (Wildman–Crippen MR) is 114 cm³/mol. The van der Waals surface area contributed by atoms with Crippen molar-refractivity contribution in [1.29, 1.82) is 0 Å². The molecule has 4 nitrogen and oxygen atoms in total. The molecule has 0 amide bonds. The van der Waals surface area contributed by atoms with Gasteiger partial charge in [0, 0.05) is 40.8 Å². The van der Waals surface area contributed by atoms with Gasteiger partial charge in [0.05, 0.1) is 6.54 Å². The first kappa shape index (κ1) is 19.4. The lowest BCUT2D eigenvalue weighted by Crippen LogP contribution is -2.44. The molecule has 3 rings (SSSR count). The van der Waals surface area contributed by atoms with Gasteiger partial charge < -0.3 is 10.6 Å². The van der Waals surface area contributed by atoms with E-state index >= 15 is 0 Å². The van der Waals surface area contributed by atoms with Crippen molar-refractivity contribution < 1.29 is 0 Å². The third kappa shape index (κ3) is 6.11. The lowest BCUT2D eigenvalue weighted by Gasteiger charge is -2.32. The number of aliphatic imine (C=N–C) groups is 1. The van der Waals surface area contributed by atoms with E-state index in [1.54, 1.807) is 0 Å². The average Bonchev–Trinajstić information content (AvgIpc) is 3.29. The number of nitrogens with one attached hydrogen (secondary N) is 2. The summed E-state index contributed by atoms with van der Waals surface area (Å²) in [6, 6.07) is 8.74. The Labute approximate surface area is 165 Å². The maximum Gasteiger partial charge on any atom is 0.191 e. The van der Waals surface area contributed by atoms with E-state index < -0.39 is 0 Å². The van der Waals surface area contributed by atoms with Crippen molar-refractivity contribution in [2.24, 2.45) is 10.9 Å². The summed E-state index contributed by atoms with van der Waals surface area (Å²) in [6.45, 7) is 10.4. The summed E-state index contributed by atoms with van der Waals surface area (Å²) in [6.07, 6.45) is 2.59. The molecule has 1 aliphatic rings. The number of likely N-dealkylation sites (tertiary alicyclic amines) is 1. The van der Waals surface area contributed by atoms with Crippen molar-refractivity contribution in [2.45, 2.75) is 39.8 Å². The summed E-state index contributed by atoms with van der Waals surface area (Å²) < 4.78 is 0. The fourth-order valence-corrected chi connectivity index (χ4v) is 4.96. The Morgan fingerprint density at radius 1 is 1.27 bits per heavy atom. The Balaban J connectivity index is 1.48. The second kappa shape index (κ2) is 10.1. The molecule has 1 saturated heterocycles. The zero-order valence-corrected chi connectivity index (χ0v) is 17.5. The molecular weight excluding hydrogens is 360 g/mol. The molecule has 6 heteroatoms. The van der Waals surface area contributed by atoms with E-state index in [-0.39, 0.29) is 0 Å². The molecule has 3 heterocycles. The number of guanidine groups is 1. The normalized spacial score (nSPS) is 18.8. The van der Waals surface area contributed by atoms with Gasteiger partial charge in [-0.3, -0.25) is 4.90 Å². The van der Waals surface area contributed by atoms with Crippen molar-refractivity contribution in [2.75, 3.05) is 26.2 Å². The fourth-order valence-electron chi connectivity index (χ4n) is 3.39. The monoisotopic (exact) mass is 390 g/mol. The Hall–Kier alpha value is -1.37. The van der Waals surface area contributed by atoms with Gasteiger partial charge in [0.25, 0.3) is 0 Å². The standard InChI is InChI=1S/C20H30N4S2/c1-3-21-20(23-13-18-9-8-16(2)26-18)22-12-17-6-4-10-24(14-17)15-19-7-5-11-25-19/h5,7-9,11,17H,3-4,6,10,12-15H2,1-2H3,(H2,21,22,23). The molecule has 1 aliphatic heterocycles. The van der Waals surface area contributed by atoms with Crippen molar-refractivity contribution in [3.63, 3.8) is 0 Å². The Kier molecular flexibility index (Phi) is 7.53. The van der Waals surface area contributed by atoms with Gasteiger partial charge in [-0.25, -0.2) is 4.99 Å². The second-order valence-corrected chi connectivity index (χ2v) is 9.32. The van der Waals surface area contributed by atoms with Crippen molar-refractivity contribution in [3.8, 4) is 0 Å². The molecule has 0 aliphatic carbocycles. The highest BCUT2D eigenvalue weighted by Gasteiger charge is 2.20. The second-order valence-electron chi connectivity index (χ2n) is 6.91. The number of thiophene rings is 2. The van der Waals surface area contributed by atoms with Crippen LogP contribution in [0, 0.1) is 12.8 Å². The highest BCUT2D eigenvalue weighted by Crippen LogP contribution is 2.20. The summed E-state index contributed by atoms with van der Waals surface area (Å²) in [5.41, 5.74) is 0. The number of rotatable bonds is 7.